The van der Waals surface area contributed by atoms with E-state index in [9.17, 15) is 20.1 Å². The number of benzene rings is 1. The minimum atomic E-state index is -1.42. The molecule has 4 rings (SSSR count). The van der Waals surface area contributed by atoms with Gasteiger partial charge in [0.15, 0.2) is 23.7 Å². The first kappa shape index (κ1) is 26.0. The fourth-order valence-electron chi connectivity index (χ4n) is 6.48. The van der Waals surface area contributed by atoms with Crippen molar-refractivity contribution in [1.82, 2.24) is 0 Å². The van der Waals surface area contributed by atoms with E-state index in [0.29, 0.717) is 17.6 Å². The Labute approximate surface area is 208 Å². The molecule has 0 bridgehead atoms. The molecule has 1 aliphatic heterocycles. The molecule has 3 N–H and O–H groups in total. The highest BCUT2D eigenvalue weighted by atomic mass is 16.7. The molecule has 3 aliphatic rings. The summed E-state index contributed by atoms with van der Waals surface area (Å²) >= 11 is 0. The lowest BCUT2D eigenvalue weighted by molar-refractivity contribution is -0.272. The van der Waals surface area contributed by atoms with Crippen LogP contribution in [0.1, 0.15) is 101 Å². The van der Waals surface area contributed by atoms with Gasteiger partial charge in [0.05, 0.1) is 6.10 Å². The summed E-state index contributed by atoms with van der Waals surface area (Å²) in [4.78, 5) is 11.6. The van der Waals surface area contributed by atoms with E-state index < -0.39 is 36.7 Å². The van der Waals surface area contributed by atoms with E-state index in [1.165, 1.54) is 23.6 Å². The molecule has 0 radical (unpaired) electrons. The Balaban J connectivity index is 1.82. The van der Waals surface area contributed by atoms with E-state index in [1.807, 2.05) is 6.92 Å². The summed E-state index contributed by atoms with van der Waals surface area (Å²) in [6.07, 6.45) is -0.341. The van der Waals surface area contributed by atoms with Crippen LogP contribution in [-0.2, 0) is 14.3 Å². The normalized spacial score (nSPS) is 36.2. The van der Waals surface area contributed by atoms with Crippen LogP contribution in [0.4, 0.5) is 0 Å². The quantitative estimate of drug-likeness (QED) is 0.422. The summed E-state index contributed by atoms with van der Waals surface area (Å²) in [5, 5.41) is 32.9. The molecule has 0 unspecified atom stereocenters. The minimum absolute atomic E-state index is 0.0992. The van der Waals surface area contributed by atoms with Crippen LogP contribution in [0, 0.1) is 12.8 Å². The van der Waals surface area contributed by atoms with Crippen molar-refractivity contribution in [2.45, 2.75) is 116 Å². The Kier molecular flexibility index (Phi) is 7.24. The minimum Gasteiger partial charge on any atom is -0.504 e. The molecular weight excluding hydrogens is 448 g/mol. The van der Waals surface area contributed by atoms with Gasteiger partial charge in [-0.1, -0.05) is 25.5 Å². The Morgan fingerprint density at radius 2 is 1.71 bits per heavy atom. The fourth-order valence-corrected chi connectivity index (χ4v) is 6.48. The number of aromatic hydroxyl groups is 1. The van der Waals surface area contributed by atoms with Gasteiger partial charge in [-0.15, -0.1) is 0 Å². The van der Waals surface area contributed by atoms with Crippen molar-refractivity contribution in [3.63, 3.8) is 0 Å². The van der Waals surface area contributed by atoms with Crippen LogP contribution < -0.4 is 4.74 Å². The third kappa shape index (κ3) is 4.58. The van der Waals surface area contributed by atoms with Crippen molar-refractivity contribution < 1.29 is 34.3 Å². The molecule has 0 amide bonds. The van der Waals surface area contributed by atoms with Gasteiger partial charge in [0.25, 0.3) is 0 Å². The molecule has 7 heteroatoms. The van der Waals surface area contributed by atoms with E-state index in [0.717, 1.165) is 30.4 Å². The van der Waals surface area contributed by atoms with Crippen LogP contribution in [0.2, 0.25) is 0 Å². The average Bonchev–Trinajstić information content (AvgIpc) is 2.76. The zero-order valence-electron chi connectivity index (χ0n) is 21.9. The van der Waals surface area contributed by atoms with Crippen molar-refractivity contribution >= 4 is 5.97 Å². The van der Waals surface area contributed by atoms with Gasteiger partial charge in [0.2, 0.25) is 6.29 Å². The van der Waals surface area contributed by atoms with Crippen LogP contribution in [0.25, 0.3) is 0 Å². The number of rotatable bonds is 4. The van der Waals surface area contributed by atoms with Gasteiger partial charge in [0.1, 0.15) is 6.10 Å². The van der Waals surface area contributed by atoms with E-state index in [2.05, 4.69) is 33.8 Å². The van der Waals surface area contributed by atoms with Crippen LogP contribution in [0.3, 0.4) is 0 Å². The molecule has 7 nitrogen and oxygen atoms in total. The SMILES string of the molecule is CC(=O)O[C@H]1[C@H](O)[C@H](Oc2c(C)c3c4c(c2O)[C@@H](C)CC[C@@H]4[C@@H](C)C[C@H]3C=C(C)C)O[C@@H](C)[C@H]1O. The maximum Gasteiger partial charge on any atom is 0.303 e. The molecule has 1 aromatic rings. The maximum absolute atomic E-state index is 11.6. The fraction of sp³-hybridized carbons (Fsp3) is 0.679. The number of phenols is 1. The Bertz CT molecular complexity index is 1010. The molecule has 1 fully saturated rings. The Hall–Kier alpha value is -2.09. The van der Waals surface area contributed by atoms with Crippen LogP contribution in [-0.4, -0.2) is 52.0 Å². The number of hydrogen-bond acceptors (Lipinski definition) is 7. The Morgan fingerprint density at radius 1 is 1.03 bits per heavy atom. The van der Waals surface area contributed by atoms with Crippen molar-refractivity contribution in [2.75, 3.05) is 0 Å². The van der Waals surface area contributed by atoms with Crippen molar-refractivity contribution in [3.05, 3.63) is 33.9 Å². The number of aliphatic hydroxyl groups excluding tert-OH is 2. The van der Waals surface area contributed by atoms with Gasteiger partial charge in [-0.25, -0.2) is 0 Å². The predicted molar refractivity (Wildman–Crippen MR) is 132 cm³/mol. The predicted octanol–water partition coefficient (Wildman–Crippen LogP) is 4.55. The molecule has 35 heavy (non-hydrogen) atoms. The van der Waals surface area contributed by atoms with Crippen LogP contribution in [0.15, 0.2) is 11.6 Å². The summed E-state index contributed by atoms with van der Waals surface area (Å²) < 4.78 is 17.2. The van der Waals surface area contributed by atoms with Gasteiger partial charge in [0, 0.05) is 18.4 Å². The summed E-state index contributed by atoms with van der Waals surface area (Å²) in [7, 11) is 0. The van der Waals surface area contributed by atoms with Crippen molar-refractivity contribution in [1.29, 1.82) is 0 Å². The first-order chi connectivity index (χ1) is 16.4. The molecule has 0 aromatic heterocycles. The number of phenolic OH excluding ortho intramolecular Hbond substituents is 1. The smallest absolute Gasteiger partial charge is 0.303 e. The number of carbonyl (C=O) groups is 1. The van der Waals surface area contributed by atoms with Gasteiger partial charge in [-0.2, -0.15) is 0 Å². The lowest BCUT2D eigenvalue weighted by atomic mass is 9.62. The number of allylic oxidation sites excluding steroid dienone is 2. The zero-order chi connectivity index (χ0) is 25.8. The van der Waals surface area contributed by atoms with Gasteiger partial charge >= 0.3 is 5.97 Å². The molecule has 1 aromatic carbocycles. The molecule has 9 atom stereocenters. The van der Waals surface area contributed by atoms with E-state index in [4.69, 9.17) is 14.2 Å². The summed E-state index contributed by atoms with van der Waals surface area (Å²) in [5.74, 6) is 1.07. The van der Waals surface area contributed by atoms with Crippen molar-refractivity contribution in [3.8, 4) is 11.5 Å². The van der Waals surface area contributed by atoms with E-state index >= 15 is 0 Å². The summed E-state index contributed by atoms with van der Waals surface area (Å²) in [5.41, 5.74) is 5.49. The second-order valence-corrected chi connectivity index (χ2v) is 11.1. The average molecular weight is 489 g/mol. The molecule has 0 saturated carbocycles. The van der Waals surface area contributed by atoms with Gasteiger partial charge in [-0.3, -0.25) is 4.79 Å². The monoisotopic (exact) mass is 488 g/mol. The zero-order valence-corrected chi connectivity index (χ0v) is 21.9. The molecule has 0 spiro atoms. The molecule has 194 valence electrons. The standard InChI is InChI=1S/C28H40O7/c1-12(2)10-18-11-14(4)19-9-8-13(3)20-22(19)21(18)15(5)26(24(20)31)35-28-25(32)27(34-17(7)29)23(30)16(6)33-28/h10,13-14,16,18-19,23,25,27-28,30-32H,8-9,11H2,1-7H3/t13-,14-,16-,18+,19+,23+,25-,27+,28-/m0/s1. The summed E-state index contributed by atoms with van der Waals surface area (Å²) in [6, 6.07) is 0. The largest absolute Gasteiger partial charge is 0.504 e. The topological polar surface area (TPSA) is 105 Å². The number of hydrogen-bond donors (Lipinski definition) is 3. The second-order valence-electron chi connectivity index (χ2n) is 11.1. The van der Waals surface area contributed by atoms with Gasteiger partial charge < -0.3 is 29.5 Å². The molecule has 2 aliphatic carbocycles. The van der Waals surface area contributed by atoms with Crippen LogP contribution >= 0.6 is 0 Å². The third-order valence-corrected chi connectivity index (χ3v) is 8.11. The first-order valence-electron chi connectivity index (χ1n) is 12.8. The summed E-state index contributed by atoms with van der Waals surface area (Å²) in [6.45, 7) is 13.5. The van der Waals surface area contributed by atoms with Crippen molar-refractivity contribution in [2.24, 2.45) is 5.92 Å². The number of aliphatic hydroxyl groups is 2. The number of ether oxygens (including phenoxy) is 3. The highest BCUT2D eigenvalue weighted by molar-refractivity contribution is 5.66. The first-order valence-corrected chi connectivity index (χ1v) is 12.8. The van der Waals surface area contributed by atoms with E-state index in [-0.39, 0.29) is 17.6 Å². The van der Waals surface area contributed by atoms with E-state index in [1.54, 1.807) is 6.92 Å². The lowest BCUT2D eigenvalue weighted by Gasteiger charge is -2.44. The number of carbonyl (C=O) groups excluding carboxylic acids is 1. The highest BCUT2D eigenvalue weighted by Gasteiger charge is 2.47. The molecular formula is C28H40O7. The van der Waals surface area contributed by atoms with Gasteiger partial charge in [-0.05, 0) is 81.4 Å². The highest BCUT2D eigenvalue weighted by Crippen LogP contribution is 2.58. The third-order valence-electron chi connectivity index (χ3n) is 8.11. The maximum atomic E-state index is 11.6. The van der Waals surface area contributed by atoms with Crippen LogP contribution in [0.5, 0.6) is 11.5 Å². The second kappa shape index (κ2) is 9.75. The lowest BCUT2D eigenvalue weighted by Crippen LogP contribution is -2.59. The number of esters is 1. The molecule has 1 heterocycles. The molecule has 1 saturated heterocycles. The Morgan fingerprint density at radius 3 is 2.34 bits per heavy atom.